The van der Waals surface area contributed by atoms with Gasteiger partial charge >= 0.3 is 0 Å². The third-order valence-corrected chi connectivity index (χ3v) is 3.81. The predicted molar refractivity (Wildman–Crippen MR) is 125 cm³/mol. The Bertz CT molecular complexity index is 984. The molecule has 0 saturated heterocycles. The largest absolute Gasteiger partial charge is 0.491 e. The molecule has 0 spiro atoms. The number of pyridine rings is 2. The summed E-state index contributed by atoms with van der Waals surface area (Å²) in [6.07, 6.45) is 4.90. The second-order valence-electron chi connectivity index (χ2n) is 7.02. The van der Waals surface area contributed by atoms with Crippen molar-refractivity contribution in [3.63, 3.8) is 0 Å². The van der Waals surface area contributed by atoms with Gasteiger partial charge in [0.25, 0.3) is 11.8 Å². The van der Waals surface area contributed by atoms with E-state index in [-0.39, 0.29) is 2.85 Å². The van der Waals surface area contributed by atoms with Gasteiger partial charge in [0.1, 0.15) is 19.0 Å². The van der Waals surface area contributed by atoms with Crippen LogP contribution in [-0.2, 0) is 0 Å². The number of nitrogens with one attached hydrogen (secondary N) is 2. The molecule has 3 aromatic rings. The monoisotopic (exact) mass is 445 g/mol. The summed E-state index contributed by atoms with van der Waals surface area (Å²) in [5, 5.41) is 6.26. The van der Waals surface area contributed by atoms with Crippen LogP contribution >= 0.6 is 0 Å². The average Bonchev–Trinajstić information content (AvgIpc) is 2.79. The van der Waals surface area contributed by atoms with Crippen molar-refractivity contribution >= 4 is 23.1 Å². The molecule has 0 unspecified atom stereocenters. The van der Waals surface area contributed by atoms with E-state index >= 15 is 0 Å². The highest BCUT2D eigenvalue weighted by molar-refractivity contribution is 5.61. The Hall–Kier alpha value is -3.86. The molecule has 0 aromatic carbocycles. The molecule has 0 bridgehead atoms. The molecule has 1 aliphatic rings. The van der Waals surface area contributed by atoms with Crippen LogP contribution in [0.25, 0.3) is 0 Å². The number of ether oxygens (including phenoxy) is 4. The topological polar surface area (TPSA) is 116 Å². The zero-order valence-electron chi connectivity index (χ0n) is 18.7. The Morgan fingerprint density at radius 3 is 2.41 bits per heavy atom. The van der Waals surface area contributed by atoms with E-state index in [0.717, 1.165) is 5.69 Å². The number of hydrogen-bond acceptors (Lipinski definition) is 11. The average molecular weight is 446 g/mol. The Kier molecular flexibility index (Phi) is 7.81. The van der Waals surface area contributed by atoms with Gasteiger partial charge in [0.2, 0.25) is 5.95 Å². The third-order valence-electron chi connectivity index (χ3n) is 3.81. The molecule has 32 heavy (non-hydrogen) atoms. The van der Waals surface area contributed by atoms with Crippen molar-refractivity contribution in [1.82, 2.24) is 24.8 Å². The smallest absolute Gasteiger partial charge is 0.257 e. The van der Waals surface area contributed by atoms with Gasteiger partial charge in [-0.3, -0.25) is 0 Å². The van der Waals surface area contributed by atoms with Crippen LogP contribution in [0.5, 0.6) is 23.3 Å². The molecule has 4 heterocycles. The Labute approximate surface area is 189 Å². The van der Waals surface area contributed by atoms with E-state index in [1.807, 2.05) is 32.1 Å². The van der Waals surface area contributed by atoms with E-state index < -0.39 is 0 Å². The summed E-state index contributed by atoms with van der Waals surface area (Å²) in [5.74, 6) is 2.97. The van der Waals surface area contributed by atoms with E-state index in [0.29, 0.717) is 53.9 Å². The highest BCUT2D eigenvalue weighted by Gasteiger charge is 2.14. The summed E-state index contributed by atoms with van der Waals surface area (Å²) in [6, 6.07) is 5.31. The molecular formula is C21H31N7O4. The molecule has 0 aliphatic carbocycles. The van der Waals surface area contributed by atoms with Crippen LogP contribution in [0, 0.1) is 0 Å². The maximum absolute atomic E-state index is 5.54. The molecule has 0 amide bonds. The molecule has 0 fully saturated rings. The Balaban J connectivity index is 0.000000895. The van der Waals surface area contributed by atoms with Crippen LogP contribution in [0.3, 0.4) is 0 Å². The van der Waals surface area contributed by atoms with Gasteiger partial charge < -0.3 is 34.5 Å². The lowest BCUT2D eigenvalue weighted by molar-refractivity contribution is 0.164. The minimum absolute atomic E-state index is 0. The SMILES string of the molecule is CN(C)C.COc1cc(Nc2nccc(Nc3cnc4c(c3)OCCO4)n2)cnc1OC.[HH].[HH]. The number of hydrogen-bond donors (Lipinski definition) is 2. The number of nitrogens with zero attached hydrogens (tertiary/aromatic N) is 5. The lowest BCUT2D eigenvalue weighted by Gasteiger charge is -2.17. The van der Waals surface area contributed by atoms with Crippen molar-refractivity contribution in [1.29, 1.82) is 0 Å². The molecule has 0 saturated carbocycles. The van der Waals surface area contributed by atoms with Crippen molar-refractivity contribution in [2.75, 3.05) is 59.2 Å². The maximum Gasteiger partial charge on any atom is 0.257 e. The highest BCUT2D eigenvalue weighted by atomic mass is 16.6. The summed E-state index contributed by atoms with van der Waals surface area (Å²) in [4.78, 5) is 19.1. The standard InChI is InChI=1S/C18H18N6O4.C3H9N.2H2/c1-25-13-7-12(10-20-16(13)26-2)23-18-19-4-3-15(24-18)22-11-8-14-17(21-9-11)28-6-5-27-14;1-4(2)3;;/h3-4,7-10H,5-6H2,1-2H3,(H2,19,22,23,24);1-3H3;2*1H. The molecule has 4 rings (SSSR count). The van der Waals surface area contributed by atoms with Gasteiger partial charge in [0.15, 0.2) is 11.5 Å². The van der Waals surface area contributed by atoms with Gasteiger partial charge in [-0.2, -0.15) is 4.98 Å². The van der Waals surface area contributed by atoms with E-state index in [4.69, 9.17) is 18.9 Å². The van der Waals surface area contributed by atoms with Crippen LogP contribution in [0.1, 0.15) is 2.85 Å². The second-order valence-corrected chi connectivity index (χ2v) is 7.02. The molecule has 0 atom stereocenters. The first kappa shape index (κ1) is 22.8. The fourth-order valence-electron chi connectivity index (χ4n) is 2.57. The minimum atomic E-state index is 0. The van der Waals surface area contributed by atoms with Crippen LogP contribution in [-0.4, -0.2) is 73.4 Å². The summed E-state index contributed by atoms with van der Waals surface area (Å²) >= 11 is 0. The van der Waals surface area contributed by atoms with Crippen LogP contribution < -0.4 is 29.6 Å². The predicted octanol–water partition coefficient (Wildman–Crippen LogP) is 3.21. The van der Waals surface area contributed by atoms with Gasteiger partial charge in [0, 0.05) is 21.2 Å². The van der Waals surface area contributed by atoms with E-state index in [1.54, 1.807) is 37.8 Å². The van der Waals surface area contributed by atoms with Gasteiger partial charge in [-0.15, -0.1) is 0 Å². The first-order valence-corrected chi connectivity index (χ1v) is 9.80. The number of fused-ring (bicyclic) bond motifs is 1. The zero-order valence-corrected chi connectivity index (χ0v) is 18.7. The molecule has 174 valence electrons. The van der Waals surface area contributed by atoms with Gasteiger partial charge in [-0.05, 0) is 27.2 Å². The van der Waals surface area contributed by atoms with E-state index in [2.05, 4.69) is 30.6 Å². The summed E-state index contributed by atoms with van der Waals surface area (Å²) in [7, 11) is 9.08. The number of anilines is 4. The molecule has 3 aromatic heterocycles. The van der Waals surface area contributed by atoms with Gasteiger partial charge in [0.05, 0.1) is 38.0 Å². The molecule has 2 N–H and O–H groups in total. The Morgan fingerprint density at radius 1 is 0.938 bits per heavy atom. The first-order valence-electron chi connectivity index (χ1n) is 9.80. The maximum atomic E-state index is 5.54. The Morgan fingerprint density at radius 2 is 1.66 bits per heavy atom. The molecular weight excluding hydrogens is 414 g/mol. The number of rotatable bonds is 6. The highest BCUT2D eigenvalue weighted by Crippen LogP contribution is 2.31. The first-order chi connectivity index (χ1) is 15.5. The van der Waals surface area contributed by atoms with Crippen molar-refractivity contribution in [2.45, 2.75) is 0 Å². The minimum Gasteiger partial charge on any atom is -0.491 e. The molecule has 0 radical (unpaired) electrons. The number of aromatic nitrogens is 4. The fourth-order valence-corrected chi connectivity index (χ4v) is 2.57. The van der Waals surface area contributed by atoms with Gasteiger partial charge in [-0.25, -0.2) is 15.0 Å². The van der Waals surface area contributed by atoms with E-state index in [1.165, 1.54) is 7.11 Å². The van der Waals surface area contributed by atoms with Crippen LogP contribution in [0.15, 0.2) is 36.8 Å². The molecule has 11 heteroatoms. The fraction of sp³-hybridized carbons (Fsp3) is 0.333. The summed E-state index contributed by atoms with van der Waals surface area (Å²) in [6.45, 7) is 0.998. The summed E-state index contributed by atoms with van der Waals surface area (Å²) < 4.78 is 21.4. The molecule has 1 aliphatic heterocycles. The van der Waals surface area contributed by atoms with E-state index in [9.17, 15) is 0 Å². The van der Waals surface area contributed by atoms with Crippen molar-refractivity contribution in [3.05, 3.63) is 36.8 Å². The van der Waals surface area contributed by atoms with Crippen molar-refractivity contribution in [3.8, 4) is 23.3 Å². The summed E-state index contributed by atoms with van der Waals surface area (Å²) in [5.41, 5.74) is 1.39. The second kappa shape index (κ2) is 11.0. The lowest BCUT2D eigenvalue weighted by Crippen LogP contribution is -2.16. The van der Waals surface area contributed by atoms with Crippen molar-refractivity contribution < 1.29 is 21.8 Å². The van der Waals surface area contributed by atoms with Crippen LogP contribution in [0.4, 0.5) is 23.1 Å². The lowest BCUT2D eigenvalue weighted by atomic mass is 10.3. The molecule has 11 nitrogen and oxygen atoms in total. The van der Waals surface area contributed by atoms with Crippen molar-refractivity contribution in [2.24, 2.45) is 0 Å². The van der Waals surface area contributed by atoms with Gasteiger partial charge in [-0.1, -0.05) is 0 Å². The third kappa shape index (κ3) is 6.32. The number of methoxy groups -OCH3 is 2. The zero-order chi connectivity index (χ0) is 22.9. The van der Waals surface area contributed by atoms with Crippen LogP contribution in [0.2, 0.25) is 0 Å². The normalized spacial score (nSPS) is 11.8. The quantitative estimate of drug-likeness (QED) is 0.582.